The third-order valence-electron chi connectivity index (χ3n) is 3.41. The zero-order valence-corrected chi connectivity index (χ0v) is 13.4. The Morgan fingerprint density at radius 2 is 1.95 bits per heavy atom. The predicted octanol–water partition coefficient (Wildman–Crippen LogP) is 2.94. The molecule has 0 heterocycles. The van der Waals surface area contributed by atoms with Gasteiger partial charge in [0.2, 0.25) is 10.0 Å². The fourth-order valence-corrected chi connectivity index (χ4v) is 3.27. The van der Waals surface area contributed by atoms with Crippen LogP contribution in [0.5, 0.6) is 0 Å². The van der Waals surface area contributed by atoms with Gasteiger partial charge in [0.05, 0.1) is 11.0 Å². The van der Waals surface area contributed by atoms with E-state index < -0.39 is 16.1 Å². The molecule has 0 bridgehead atoms. The number of unbranched alkanes of at least 4 members (excludes halogenated alkanes) is 2. The second kappa shape index (κ2) is 7.76. The number of sulfonamides is 1. The number of hydrogen-bond acceptors (Lipinski definition) is 3. The highest BCUT2D eigenvalue weighted by Crippen LogP contribution is 2.22. The Kier molecular flexibility index (Phi) is 6.65. The lowest BCUT2D eigenvalue weighted by molar-refractivity contribution is 0.173. The molecule has 1 rings (SSSR count). The van der Waals surface area contributed by atoms with Crippen molar-refractivity contribution in [1.82, 2.24) is 4.31 Å². The normalized spacial score (nSPS) is 13.7. The van der Waals surface area contributed by atoms with E-state index in [1.807, 2.05) is 6.92 Å². The summed E-state index contributed by atoms with van der Waals surface area (Å²) in [7, 11) is -1.86. The van der Waals surface area contributed by atoms with Crippen molar-refractivity contribution in [3.63, 3.8) is 0 Å². The number of nitrogens with zero attached hydrogens (tertiary/aromatic N) is 1. The first-order valence-electron chi connectivity index (χ1n) is 7.17. The molecule has 1 atom stereocenters. The van der Waals surface area contributed by atoms with Gasteiger partial charge in [0.15, 0.2) is 0 Å². The molecule has 0 aromatic heterocycles. The van der Waals surface area contributed by atoms with Crippen LogP contribution < -0.4 is 0 Å². The van der Waals surface area contributed by atoms with E-state index in [2.05, 4.69) is 6.92 Å². The fraction of sp³-hybridized carbons (Fsp3) is 0.600. The first-order valence-corrected chi connectivity index (χ1v) is 8.61. The van der Waals surface area contributed by atoms with Crippen molar-refractivity contribution >= 4 is 10.0 Å². The molecule has 0 aliphatic rings. The first-order chi connectivity index (χ1) is 9.43. The van der Waals surface area contributed by atoms with Gasteiger partial charge in [0, 0.05) is 13.6 Å². The van der Waals surface area contributed by atoms with E-state index in [0.717, 1.165) is 19.3 Å². The third-order valence-corrected chi connectivity index (χ3v) is 5.27. The molecule has 0 spiro atoms. The molecule has 1 aromatic rings. The maximum atomic E-state index is 12.4. The maximum Gasteiger partial charge on any atom is 0.242 e. The lowest BCUT2D eigenvalue weighted by atomic mass is 10.1. The molecule has 4 nitrogen and oxygen atoms in total. The molecule has 114 valence electrons. The second-order valence-corrected chi connectivity index (χ2v) is 7.08. The summed E-state index contributed by atoms with van der Waals surface area (Å²) in [5.41, 5.74) is 0.649. The summed E-state index contributed by atoms with van der Waals surface area (Å²) in [6, 6.07) is 6.59. The molecule has 0 saturated heterocycles. The van der Waals surface area contributed by atoms with Gasteiger partial charge in [-0.3, -0.25) is 0 Å². The topological polar surface area (TPSA) is 57.6 Å². The van der Waals surface area contributed by atoms with Gasteiger partial charge < -0.3 is 5.11 Å². The molecule has 0 radical (unpaired) electrons. The van der Waals surface area contributed by atoms with Crippen LogP contribution in [-0.2, 0) is 10.0 Å². The maximum absolute atomic E-state index is 12.4. The summed E-state index contributed by atoms with van der Waals surface area (Å²) in [6.07, 6.45) is 2.90. The highest BCUT2D eigenvalue weighted by Gasteiger charge is 2.21. The Labute approximate surface area is 122 Å². The third kappa shape index (κ3) is 4.30. The van der Waals surface area contributed by atoms with Gasteiger partial charge in [0.1, 0.15) is 0 Å². The van der Waals surface area contributed by atoms with Gasteiger partial charge in [-0.05, 0) is 30.5 Å². The molecular formula is C15H25NO3S. The van der Waals surface area contributed by atoms with E-state index in [-0.39, 0.29) is 4.90 Å². The fourth-order valence-electron chi connectivity index (χ4n) is 2.00. The summed E-state index contributed by atoms with van der Waals surface area (Å²) in [5, 5.41) is 9.82. The van der Waals surface area contributed by atoms with Crippen LogP contribution in [0.1, 0.15) is 51.2 Å². The van der Waals surface area contributed by atoms with Crippen LogP contribution in [-0.4, -0.2) is 31.4 Å². The van der Waals surface area contributed by atoms with Gasteiger partial charge in [-0.15, -0.1) is 0 Å². The molecule has 1 unspecified atom stereocenters. The minimum absolute atomic E-state index is 0.251. The molecule has 1 aromatic carbocycles. The summed E-state index contributed by atoms with van der Waals surface area (Å²) in [6.45, 7) is 4.48. The van der Waals surface area contributed by atoms with Crippen molar-refractivity contribution in [2.75, 3.05) is 13.6 Å². The van der Waals surface area contributed by atoms with Crippen LogP contribution in [0.3, 0.4) is 0 Å². The number of aliphatic hydroxyl groups excluding tert-OH is 1. The molecule has 1 N–H and O–H groups in total. The van der Waals surface area contributed by atoms with Crippen molar-refractivity contribution < 1.29 is 13.5 Å². The minimum Gasteiger partial charge on any atom is -0.388 e. The average Bonchev–Trinajstić information content (AvgIpc) is 2.46. The Morgan fingerprint density at radius 3 is 2.55 bits per heavy atom. The SMILES string of the molecule is CCCCCN(C)S(=O)(=O)c1cccc(C(O)CC)c1. The van der Waals surface area contributed by atoms with Gasteiger partial charge in [0.25, 0.3) is 0 Å². The summed E-state index contributed by atoms with van der Waals surface area (Å²) < 4.78 is 26.3. The van der Waals surface area contributed by atoms with Crippen LogP contribution in [0.4, 0.5) is 0 Å². The Bertz CT molecular complexity index is 514. The number of benzene rings is 1. The van der Waals surface area contributed by atoms with Crippen LogP contribution in [0.25, 0.3) is 0 Å². The van der Waals surface area contributed by atoms with Crippen LogP contribution in [0.15, 0.2) is 29.2 Å². The largest absolute Gasteiger partial charge is 0.388 e. The van der Waals surface area contributed by atoms with E-state index in [4.69, 9.17) is 0 Å². The van der Waals surface area contributed by atoms with E-state index >= 15 is 0 Å². The monoisotopic (exact) mass is 299 g/mol. The Morgan fingerprint density at radius 1 is 1.25 bits per heavy atom. The highest BCUT2D eigenvalue weighted by atomic mass is 32.2. The van der Waals surface area contributed by atoms with Gasteiger partial charge in [-0.2, -0.15) is 0 Å². The Hall–Kier alpha value is -0.910. The summed E-state index contributed by atoms with van der Waals surface area (Å²) >= 11 is 0. The molecule has 0 fully saturated rings. The molecule has 0 aliphatic carbocycles. The number of hydrogen-bond donors (Lipinski definition) is 1. The smallest absolute Gasteiger partial charge is 0.242 e. The zero-order chi connectivity index (χ0) is 15.2. The van der Waals surface area contributed by atoms with E-state index in [0.29, 0.717) is 18.5 Å². The standard InChI is InChI=1S/C15H25NO3S/c1-4-6-7-11-16(3)20(18,19)14-10-8-9-13(12-14)15(17)5-2/h8-10,12,15,17H,4-7,11H2,1-3H3. The van der Waals surface area contributed by atoms with Crippen LogP contribution in [0.2, 0.25) is 0 Å². The minimum atomic E-state index is -3.46. The molecule has 0 aliphatic heterocycles. The van der Waals surface area contributed by atoms with E-state index in [9.17, 15) is 13.5 Å². The highest BCUT2D eigenvalue weighted by molar-refractivity contribution is 7.89. The molecule has 5 heteroatoms. The zero-order valence-electron chi connectivity index (χ0n) is 12.5. The first kappa shape index (κ1) is 17.1. The van der Waals surface area contributed by atoms with Crippen molar-refractivity contribution in [3.05, 3.63) is 29.8 Å². The van der Waals surface area contributed by atoms with Crippen LogP contribution >= 0.6 is 0 Å². The number of aliphatic hydroxyl groups is 1. The van der Waals surface area contributed by atoms with Crippen LogP contribution in [0, 0.1) is 0 Å². The van der Waals surface area contributed by atoms with Crippen molar-refractivity contribution in [2.24, 2.45) is 0 Å². The average molecular weight is 299 g/mol. The van der Waals surface area contributed by atoms with Crippen molar-refractivity contribution in [3.8, 4) is 0 Å². The quantitative estimate of drug-likeness (QED) is 0.751. The summed E-state index contributed by atoms with van der Waals surface area (Å²) in [4.78, 5) is 0.251. The lowest BCUT2D eigenvalue weighted by Crippen LogP contribution is -2.28. The van der Waals surface area contributed by atoms with Gasteiger partial charge >= 0.3 is 0 Å². The summed E-state index contributed by atoms with van der Waals surface area (Å²) in [5.74, 6) is 0. The molecule has 0 saturated carbocycles. The van der Waals surface area contributed by atoms with Crippen molar-refractivity contribution in [2.45, 2.75) is 50.5 Å². The van der Waals surface area contributed by atoms with Gasteiger partial charge in [-0.1, -0.05) is 38.8 Å². The Balaban J connectivity index is 2.91. The lowest BCUT2D eigenvalue weighted by Gasteiger charge is -2.18. The molecular weight excluding hydrogens is 274 g/mol. The van der Waals surface area contributed by atoms with Gasteiger partial charge in [-0.25, -0.2) is 12.7 Å². The van der Waals surface area contributed by atoms with Crippen molar-refractivity contribution in [1.29, 1.82) is 0 Å². The predicted molar refractivity (Wildman–Crippen MR) is 81.0 cm³/mol. The molecule has 20 heavy (non-hydrogen) atoms. The second-order valence-electron chi connectivity index (χ2n) is 5.03. The number of rotatable bonds is 8. The van der Waals surface area contributed by atoms with E-state index in [1.54, 1.807) is 31.3 Å². The van der Waals surface area contributed by atoms with E-state index in [1.165, 1.54) is 4.31 Å². The molecule has 0 amide bonds.